The molecule has 0 saturated heterocycles. The summed E-state index contributed by atoms with van der Waals surface area (Å²) in [6.07, 6.45) is 0.490. The van der Waals surface area contributed by atoms with E-state index >= 15 is 0 Å². The lowest BCUT2D eigenvalue weighted by atomic mass is 10.1. The van der Waals surface area contributed by atoms with E-state index in [1.54, 1.807) is 0 Å². The van der Waals surface area contributed by atoms with Crippen LogP contribution in [0.1, 0.15) is 33.1 Å². The summed E-state index contributed by atoms with van der Waals surface area (Å²) in [5.74, 6) is -1.79. The van der Waals surface area contributed by atoms with Crippen LogP contribution in [0.25, 0.3) is 0 Å². The molecule has 1 unspecified atom stereocenters. The number of rotatable bonds is 6. The summed E-state index contributed by atoms with van der Waals surface area (Å²) in [4.78, 5) is 22.4. The predicted octanol–water partition coefficient (Wildman–Crippen LogP) is 1.27. The zero-order valence-corrected chi connectivity index (χ0v) is 9.47. The lowest BCUT2D eigenvalue weighted by Crippen LogP contribution is -2.37. The zero-order chi connectivity index (χ0) is 12.7. The Morgan fingerprint density at radius 3 is 2.38 bits per heavy atom. The first-order valence-electron chi connectivity index (χ1n) is 4.98. The fraction of sp³-hybridized carbons (Fsp3) is 0.600. The van der Waals surface area contributed by atoms with Crippen molar-refractivity contribution in [2.75, 3.05) is 0 Å². The molecule has 1 amide bonds. The molecular weight excluding hydrogens is 214 g/mol. The van der Waals surface area contributed by atoms with Crippen molar-refractivity contribution in [1.82, 2.24) is 5.23 Å². The number of ether oxygens (including phenoxy) is 1. The molecule has 0 spiro atoms. The van der Waals surface area contributed by atoms with Gasteiger partial charge in [0.15, 0.2) is 6.10 Å². The van der Waals surface area contributed by atoms with Crippen molar-refractivity contribution in [2.45, 2.75) is 39.2 Å². The lowest BCUT2D eigenvalue weighted by Gasteiger charge is -2.18. The minimum absolute atomic E-state index is 0.150. The fourth-order valence-corrected chi connectivity index (χ4v) is 0.981. The van der Waals surface area contributed by atoms with E-state index < -0.39 is 23.2 Å². The van der Waals surface area contributed by atoms with Crippen LogP contribution in [-0.4, -0.2) is 33.6 Å². The van der Waals surface area contributed by atoms with Gasteiger partial charge < -0.3 is 4.74 Å². The molecule has 0 aliphatic rings. The summed E-state index contributed by atoms with van der Waals surface area (Å²) in [5, 5.41) is 16.6. The standard InChI is InChI=1S/C10H17NO5/c1-4-5-6-8(9(12)11(14)15)16-10(13)7(2)3/h8,14-15H,2,4-6H2,1,3H3. The second-order valence-electron chi connectivity index (χ2n) is 3.44. The van der Waals surface area contributed by atoms with Crippen LogP contribution in [0.5, 0.6) is 0 Å². The van der Waals surface area contributed by atoms with Crippen LogP contribution in [0.2, 0.25) is 0 Å². The molecule has 6 nitrogen and oxygen atoms in total. The molecule has 1 atom stereocenters. The van der Waals surface area contributed by atoms with Crippen LogP contribution in [0.4, 0.5) is 0 Å². The number of esters is 1. The summed E-state index contributed by atoms with van der Waals surface area (Å²) in [6, 6.07) is 0. The number of hydrogen-bond acceptors (Lipinski definition) is 5. The third kappa shape index (κ3) is 4.90. The monoisotopic (exact) mass is 231 g/mol. The van der Waals surface area contributed by atoms with Gasteiger partial charge in [0, 0.05) is 5.57 Å². The molecule has 0 fully saturated rings. The summed E-state index contributed by atoms with van der Waals surface area (Å²) >= 11 is 0. The average Bonchev–Trinajstić information content (AvgIpc) is 2.22. The SMILES string of the molecule is C=C(C)C(=O)OC(CCCC)C(=O)N(O)O. The van der Waals surface area contributed by atoms with E-state index in [2.05, 4.69) is 6.58 Å². The summed E-state index contributed by atoms with van der Waals surface area (Å²) in [5.41, 5.74) is 0.150. The highest BCUT2D eigenvalue weighted by Crippen LogP contribution is 2.09. The average molecular weight is 231 g/mol. The molecule has 92 valence electrons. The number of carbonyl (C=O) groups excluding carboxylic acids is 2. The van der Waals surface area contributed by atoms with E-state index in [1.165, 1.54) is 6.92 Å². The number of unbranched alkanes of at least 4 members (excludes halogenated alkanes) is 1. The van der Waals surface area contributed by atoms with E-state index in [1.807, 2.05) is 6.92 Å². The molecule has 0 aromatic rings. The van der Waals surface area contributed by atoms with Crippen LogP contribution in [0.3, 0.4) is 0 Å². The van der Waals surface area contributed by atoms with Crippen molar-refractivity contribution in [2.24, 2.45) is 0 Å². The molecule has 0 aliphatic carbocycles. The number of hydrogen-bond donors (Lipinski definition) is 2. The Labute approximate surface area is 94.0 Å². The molecule has 6 heteroatoms. The molecule has 0 saturated carbocycles. The molecule has 0 aromatic heterocycles. The molecule has 0 aliphatic heterocycles. The molecule has 0 rings (SSSR count). The van der Waals surface area contributed by atoms with Gasteiger partial charge >= 0.3 is 11.9 Å². The predicted molar refractivity (Wildman–Crippen MR) is 54.6 cm³/mol. The van der Waals surface area contributed by atoms with Crippen molar-refractivity contribution >= 4 is 11.9 Å². The Morgan fingerprint density at radius 1 is 1.44 bits per heavy atom. The Balaban J connectivity index is 4.48. The van der Waals surface area contributed by atoms with Gasteiger partial charge in [-0.3, -0.25) is 15.2 Å². The van der Waals surface area contributed by atoms with Gasteiger partial charge in [-0.15, -0.1) is 0 Å². The highest BCUT2D eigenvalue weighted by molar-refractivity contribution is 5.90. The van der Waals surface area contributed by atoms with Gasteiger partial charge in [0.1, 0.15) is 0 Å². The first-order valence-corrected chi connectivity index (χ1v) is 4.98. The minimum Gasteiger partial charge on any atom is -0.449 e. The fourth-order valence-electron chi connectivity index (χ4n) is 0.981. The molecule has 0 radical (unpaired) electrons. The van der Waals surface area contributed by atoms with Crippen LogP contribution in [0.15, 0.2) is 12.2 Å². The van der Waals surface area contributed by atoms with Gasteiger partial charge in [-0.1, -0.05) is 25.2 Å². The van der Waals surface area contributed by atoms with Gasteiger partial charge in [0.05, 0.1) is 0 Å². The van der Waals surface area contributed by atoms with Crippen LogP contribution < -0.4 is 0 Å². The lowest BCUT2D eigenvalue weighted by molar-refractivity contribution is -0.290. The zero-order valence-electron chi connectivity index (χ0n) is 9.47. The number of hydroxylamine groups is 2. The van der Waals surface area contributed by atoms with Crippen molar-refractivity contribution in [3.8, 4) is 0 Å². The van der Waals surface area contributed by atoms with Crippen LogP contribution >= 0.6 is 0 Å². The highest BCUT2D eigenvalue weighted by atomic mass is 16.8. The van der Waals surface area contributed by atoms with E-state index in [4.69, 9.17) is 15.2 Å². The maximum Gasteiger partial charge on any atom is 0.333 e. The molecule has 0 aromatic carbocycles. The Hall–Kier alpha value is -1.40. The van der Waals surface area contributed by atoms with Gasteiger partial charge in [0.2, 0.25) is 0 Å². The molecule has 2 N–H and O–H groups in total. The smallest absolute Gasteiger partial charge is 0.333 e. The topological polar surface area (TPSA) is 87.1 Å². The van der Waals surface area contributed by atoms with E-state index in [0.717, 1.165) is 6.42 Å². The van der Waals surface area contributed by atoms with E-state index in [9.17, 15) is 9.59 Å². The minimum atomic E-state index is -1.18. The van der Waals surface area contributed by atoms with Crippen LogP contribution in [-0.2, 0) is 14.3 Å². The maximum atomic E-state index is 11.2. The number of amides is 1. The Kier molecular flexibility index (Phi) is 6.36. The first kappa shape index (κ1) is 14.6. The maximum absolute atomic E-state index is 11.2. The molecular formula is C10H17NO5. The van der Waals surface area contributed by atoms with Crippen molar-refractivity contribution in [3.63, 3.8) is 0 Å². The van der Waals surface area contributed by atoms with Gasteiger partial charge in [0.25, 0.3) is 0 Å². The Bertz CT molecular complexity index is 274. The molecule has 0 heterocycles. The van der Waals surface area contributed by atoms with Crippen molar-refractivity contribution in [3.05, 3.63) is 12.2 Å². The third-order valence-electron chi connectivity index (χ3n) is 1.89. The third-order valence-corrected chi connectivity index (χ3v) is 1.89. The largest absolute Gasteiger partial charge is 0.449 e. The normalized spacial score (nSPS) is 11.8. The van der Waals surface area contributed by atoms with E-state index in [-0.39, 0.29) is 12.0 Å². The second kappa shape index (κ2) is 6.97. The van der Waals surface area contributed by atoms with Crippen molar-refractivity contribution < 1.29 is 24.7 Å². The van der Waals surface area contributed by atoms with E-state index in [0.29, 0.717) is 6.42 Å². The summed E-state index contributed by atoms with van der Waals surface area (Å²) in [6.45, 7) is 6.71. The highest BCUT2D eigenvalue weighted by Gasteiger charge is 2.26. The number of carbonyl (C=O) groups is 2. The quantitative estimate of drug-likeness (QED) is 0.311. The van der Waals surface area contributed by atoms with Gasteiger partial charge in [-0.2, -0.15) is 0 Å². The second-order valence-corrected chi connectivity index (χ2v) is 3.44. The summed E-state index contributed by atoms with van der Waals surface area (Å²) in [7, 11) is 0. The summed E-state index contributed by atoms with van der Waals surface area (Å²) < 4.78 is 4.79. The number of nitrogens with zero attached hydrogens (tertiary/aromatic N) is 1. The van der Waals surface area contributed by atoms with Gasteiger partial charge in [-0.25, -0.2) is 4.79 Å². The van der Waals surface area contributed by atoms with Crippen molar-refractivity contribution in [1.29, 1.82) is 0 Å². The van der Waals surface area contributed by atoms with Gasteiger partial charge in [-0.05, 0) is 19.8 Å². The molecule has 16 heavy (non-hydrogen) atoms. The molecule has 0 bridgehead atoms. The first-order chi connectivity index (χ1) is 7.40. The Morgan fingerprint density at radius 2 is 2.00 bits per heavy atom. The van der Waals surface area contributed by atoms with Crippen LogP contribution in [0, 0.1) is 0 Å².